The summed E-state index contributed by atoms with van der Waals surface area (Å²) in [5.41, 5.74) is 3.77. The molecule has 1 heterocycles. The molecule has 0 aliphatic carbocycles. The van der Waals surface area contributed by atoms with Crippen LogP contribution in [0, 0.1) is 0 Å². The first kappa shape index (κ1) is 7.81. The Morgan fingerprint density at radius 3 is 2.70 bits per heavy atom. The quantitative estimate of drug-likeness (QED) is 0.669. The molecule has 0 amide bonds. The van der Waals surface area contributed by atoms with Gasteiger partial charge < -0.3 is 0 Å². The van der Waals surface area contributed by atoms with Crippen LogP contribution in [-0.4, -0.2) is 20.7 Å². The van der Waals surface area contributed by atoms with Crippen LogP contribution in [0.4, 0.5) is 0 Å². The minimum atomic E-state index is 0.351. The summed E-state index contributed by atoms with van der Waals surface area (Å²) in [7, 11) is 0. The molecule has 1 nitrogen and oxygen atoms in total. The van der Waals surface area contributed by atoms with Crippen LogP contribution in [0.5, 0.6) is 0 Å². The van der Waals surface area contributed by atoms with Gasteiger partial charge in [-0.15, -0.1) is 0 Å². The number of aryl methyl sites for hydroxylation is 1. The van der Waals surface area contributed by atoms with Gasteiger partial charge in [0.1, 0.15) is 0 Å². The summed E-state index contributed by atoms with van der Waals surface area (Å²) in [6.45, 7) is 0. The van der Waals surface area contributed by atoms with Crippen molar-refractivity contribution in [3.63, 3.8) is 0 Å². The third kappa shape index (κ3) is 2.53. The molecule has 0 radical (unpaired) electrons. The summed E-state index contributed by atoms with van der Waals surface area (Å²) >= 11 is 0.351. The molecule has 1 unspecified atom stereocenters. The van der Waals surface area contributed by atoms with Crippen LogP contribution in [0.3, 0.4) is 0 Å². The second kappa shape index (κ2) is 4.51. The molecule has 1 rings (SSSR count). The predicted molar refractivity (Wildman–Crippen MR) is 45.8 cm³/mol. The van der Waals surface area contributed by atoms with Crippen molar-refractivity contribution in [2.75, 3.05) is 0 Å². The molecule has 0 N–H and O–H groups in total. The topological polar surface area (TPSA) is 12.9 Å². The summed E-state index contributed by atoms with van der Waals surface area (Å²) in [4.78, 5) is 3.96. The number of aromatic nitrogens is 1. The number of hydrogen-bond acceptors (Lipinski definition) is 1. The van der Waals surface area contributed by atoms with E-state index in [0.717, 1.165) is 0 Å². The van der Waals surface area contributed by atoms with Gasteiger partial charge in [-0.3, -0.25) is 0 Å². The van der Waals surface area contributed by atoms with Gasteiger partial charge in [0.15, 0.2) is 0 Å². The Balaban J connectivity index is 2.43. The van der Waals surface area contributed by atoms with E-state index in [1.807, 2.05) is 12.4 Å². The molecular weight excluding hydrogens is 185 g/mol. The molecule has 0 fully saturated rings. The molecule has 0 aliphatic heterocycles. The number of hydrogen-bond donors (Lipinski definition) is 0. The molecule has 1 aromatic rings. The van der Waals surface area contributed by atoms with Crippen molar-refractivity contribution in [1.29, 1.82) is 0 Å². The Labute approximate surface area is 68.6 Å². The van der Waals surface area contributed by atoms with E-state index in [9.17, 15) is 0 Å². The molecule has 2 heteroatoms. The zero-order valence-electron chi connectivity index (χ0n) is 6.17. The summed E-state index contributed by atoms with van der Waals surface area (Å²) < 4.78 is 0. The van der Waals surface area contributed by atoms with Crippen molar-refractivity contribution in [2.24, 2.45) is 0 Å². The molecule has 0 aliphatic rings. The van der Waals surface area contributed by atoms with E-state index in [4.69, 9.17) is 0 Å². The first-order valence-electron chi connectivity index (χ1n) is 3.47. The second-order valence-corrected chi connectivity index (χ2v) is 4.74. The summed E-state index contributed by atoms with van der Waals surface area (Å²) in [6.07, 6.45) is 4.98. The second-order valence-electron chi connectivity index (χ2n) is 2.21. The monoisotopic (exact) mass is 197 g/mol. The SMILES string of the molecule is C[AsH]CCc1ccncc1. The standard InChI is InChI=1S/C8H12AsN/c1-9-5-2-8-3-6-10-7-4-8/h3-4,6-7,9H,2,5H2,1H3. The van der Waals surface area contributed by atoms with E-state index in [-0.39, 0.29) is 0 Å². The molecule has 0 bridgehead atoms. The first-order chi connectivity index (χ1) is 4.93. The van der Waals surface area contributed by atoms with Crippen LogP contribution in [0.2, 0.25) is 10.9 Å². The Hall–Kier alpha value is -0.292. The molecular formula is C8H12AsN. The van der Waals surface area contributed by atoms with Crippen molar-refractivity contribution in [3.8, 4) is 0 Å². The minimum absolute atomic E-state index is 0.351. The summed E-state index contributed by atoms with van der Waals surface area (Å²) in [5, 5.41) is 1.41. The Bertz CT molecular complexity index is 174. The molecule has 1 atom stereocenters. The Morgan fingerprint density at radius 2 is 2.10 bits per heavy atom. The zero-order chi connectivity index (χ0) is 7.23. The van der Waals surface area contributed by atoms with Crippen LogP contribution < -0.4 is 0 Å². The van der Waals surface area contributed by atoms with Crippen molar-refractivity contribution in [3.05, 3.63) is 30.1 Å². The van der Waals surface area contributed by atoms with Gasteiger partial charge in [0.25, 0.3) is 0 Å². The van der Waals surface area contributed by atoms with Crippen LogP contribution >= 0.6 is 0 Å². The molecule has 1 aromatic heterocycles. The van der Waals surface area contributed by atoms with Crippen molar-refractivity contribution >= 4 is 15.8 Å². The number of pyridine rings is 1. The molecule has 54 valence electrons. The van der Waals surface area contributed by atoms with Gasteiger partial charge in [0, 0.05) is 0 Å². The molecule has 0 saturated carbocycles. The molecule has 0 aromatic carbocycles. The van der Waals surface area contributed by atoms with Crippen molar-refractivity contribution in [1.82, 2.24) is 4.98 Å². The predicted octanol–water partition coefficient (Wildman–Crippen LogP) is 1.53. The van der Waals surface area contributed by atoms with E-state index in [1.165, 1.54) is 17.2 Å². The maximum absolute atomic E-state index is 3.96. The van der Waals surface area contributed by atoms with Crippen molar-refractivity contribution < 1.29 is 0 Å². The van der Waals surface area contributed by atoms with Crippen LogP contribution in [0.15, 0.2) is 24.5 Å². The average molecular weight is 197 g/mol. The van der Waals surface area contributed by atoms with Gasteiger partial charge in [-0.2, -0.15) is 0 Å². The van der Waals surface area contributed by atoms with E-state index in [1.54, 1.807) is 0 Å². The molecule has 0 saturated heterocycles. The van der Waals surface area contributed by atoms with Crippen molar-refractivity contribution in [2.45, 2.75) is 17.3 Å². The van der Waals surface area contributed by atoms with Gasteiger partial charge >= 0.3 is 68.2 Å². The van der Waals surface area contributed by atoms with E-state index in [0.29, 0.717) is 15.8 Å². The Kier molecular flexibility index (Phi) is 3.52. The van der Waals surface area contributed by atoms with E-state index < -0.39 is 0 Å². The van der Waals surface area contributed by atoms with E-state index in [2.05, 4.69) is 22.8 Å². The van der Waals surface area contributed by atoms with Gasteiger partial charge in [-0.1, -0.05) is 0 Å². The molecule has 0 spiro atoms. The Morgan fingerprint density at radius 1 is 1.40 bits per heavy atom. The van der Waals surface area contributed by atoms with Gasteiger partial charge in [-0.25, -0.2) is 0 Å². The average Bonchev–Trinajstić information content (AvgIpc) is 2.03. The summed E-state index contributed by atoms with van der Waals surface area (Å²) in [5.74, 6) is 0. The molecule has 10 heavy (non-hydrogen) atoms. The fourth-order valence-corrected chi connectivity index (χ4v) is 1.95. The van der Waals surface area contributed by atoms with Gasteiger partial charge in [0.05, 0.1) is 0 Å². The third-order valence-corrected chi connectivity index (χ3v) is 2.99. The fraction of sp³-hybridized carbons (Fsp3) is 0.375. The van der Waals surface area contributed by atoms with Crippen LogP contribution in [-0.2, 0) is 6.42 Å². The first-order valence-corrected chi connectivity index (χ1v) is 7.05. The zero-order valence-corrected chi connectivity index (χ0v) is 8.27. The number of rotatable bonds is 3. The fourth-order valence-electron chi connectivity index (χ4n) is 0.819. The third-order valence-electron chi connectivity index (χ3n) is 1.41. The normalized spacial score (nSPS) is 10.9. The van der Waals surface area contributed by atoms with Gasteiger partial charge in [-0.05, 0) is 0 Å². The summed E-state index contributed by atoms with van der Waals surface area (Å²) in [6, 6.07) is 4.20. The maximum atomic E-state index is 3.96. The van der Waals surface area contributed by atoms with Crippen LogP contribution in [0.1, 0.15) is 5.56 Å². The number of nitrogens with zero attached hydrogens (tertiary/aromatic N) is 1. The van der Waals surface area contributed by atoms with Gasteiger partial charge in [0.2, 0.25) is 0 Å². The van der Waals surface area contributed by atoms with Crippen LogP contribution in [0.25, 0.3) is 0 Å². The van der Waals surface area contributed by atoms with E-state index >= 15 is 0 Å².